The van der Waals surface area contributed by atoms with Crippen molar-refractivity contribution in [3.05, 3.63) is 71.8 Å². The molecule has 0 bridgehead atoms. The largest absolute Gasteiger partial charge is 0.450 e. The molecule has 1 atom stereocenters. The second kappa shape index (κ2) is 13.3. The van der Waals surface area contributed by atoms with Gasteiger partial charge < -0.3 is 24.7 Å². The number of carbonyl (C=O) groups excluding carboxylic acids is 1. The van der Waals surface area contributed by atoms with Crippen LogP contribution in [0, 0.1) is 11.6 Å². The molecule has 0 aliphatic carbocycles. The number of fused-ring (bicyclic) bond motifs is 1. The summed E-state index contributed by atoms with van der Waals surface area (Å²) in [6.07, 6.45) is 4.98. The zero-order chi connectivity index (χ0) is 30.4. The lowest BCUT2D eigenvalue weighted by molar-refractivity contribution is -0.136. The summed E-state index contributed by atoms with van der Waals surface area (Å²) in [5.41, 5.74) is -0.820. The topological polar surface area (TPSA) is 103 Å². The van der Waals surface area contributed by atoms with Gasteiger partial charge in [0.2, 0.25) is 0 Å². The van der Waals surface area contributed by atoms with Gasteiger partial charge in [-0.15, -0.1) is 0 Å². The van der Waals surface area contributed by atoms with E-state index in [-0.39, 0.29) is 35.5 Å². The third-order valence-corrected chi connectivity index (χ3v) is 8.14. The van der Waals surface area contributed by atoms with Crippen LogP contribution in [0.25, 0.3) is 11.0 Å². The zero-order valence-corrected chi connectivity index (χ0v) is 23.7. The van der Waals surface area contributed by atoms with Crippen LogP contribution >= 0.6 is 0 Å². The molecule has 0 spiro atoms. The minimum Gasteiger partial charge on any atom is -0.450 e. The molecule has 3 aromatic heterocycles. The van der Waals surface area contributed by atoms with Gasteiger partial charge in [0.15, 0.2) is 17.4 Å². The quantitative estimate of drug-likeness (QED) is 0.125. The second-order valence-corrected chi connectivity index (χ2v) is 12.0. The molecule has 2 amide bonds. The van der Waals surface area contributed by atoms with Gasteiger partial charge in [-0.25, -0.2) is 18.6 Å². The minimum absolute atomic E-state index is 0.0785. The normalized spacial score (nSPS) is 12.5. The van der Waals surface area contributed by atoms with E-state index in [1.54, 1.807) is 6.07 Å². The molecule has 0 aliphatic heterocycles. The predicted octanol–water partition coefficient (Wildman–Crippen LogP) is 5.87. The van der Waals surface area contributed by atoms with Crippen LogP contribution in [0.5, 0.6) is 11.5 Å². The number of halogens is 5. The van der Waals surface area contributed by atoms with Crippen molar-refractivity contribution in [2.75, 3.05) is 24.4 Å². The smallest absolute Gasteiger partial charge is 0.418 e. The van der Waals surface area contributed by atoms with Crippen LogP contribution in [-0.4, -0.2) is 50.1 Å². The molecule has 4 rings (SSSR count). The van der Waals surface area contributed by atoms with Crippen molar-refractivity contribution in [2.24, 2.45) is 0 Å². The molecule has 0 radical (unpaired) electrons. The highest BCUT2D eigenvalue weighted by molar-refractivity contribution is 7.96. The molecule has 0 saturated carbocycles. The number of benzene rings is 1. The molecule has 15 heteroatoms. The number of urea groups is 1. The summed E-state index contributed by atoms with van der Waals surface area (Å²) in [4.78, 5) is 16.2. The van der Waals surface area contributed by atoms with E-state index < -0.39 is 46.3 Å². The first kappa shape index (κ1) is 31.0. The van der Waals surface area contributed by atoms with Crippen molar-refractivity contribution in [3.8, 4) is 11.5 Å². The summed E-state index contributed by atoms with van der Waals surface area (Å²) in [6.45, 7) is 2.27. The molecule has 9 nitrogen and oxygen atoms in total. The van der Waals surface area contributed by atoms with Crippen LogP contribution in [0.15, 0.2) is 49.1 Å². The Morgan fingerprint density at radius 3 is 2.50 bits per heavy atom. The first-order valence-corrected chi connectivity index (χ1v) is 14.7. The average Bonchev–Trinajstić information content (AvgIpc) is 3.32. The fourth-order valence-corrected chi connectivity index (χ4v) is 4.42. The van der Waals surface area contributed by atoms with E-state index in [9.17, 15) is 26.7 Å². The van der Waals surface area contributed by atoms with Crippen molar-refractivity contribution in [2.45, 2.75) is 38.0 Å². The highest BCUT2D eigenvalue weighted by Gasteiger charge is 2.37. The van der Waals surface area contributed by atoms with E-state index in [2.05, 4.69) is 45.3 Å². The third-order valence-electron chi connectivity index (χ3n) is 6.30. The van der Waals surface area contributed by atoms with Crippen molar-refractivity contribution < 1.29 is 36.2 Å². The number of carbonyl (C=O) groups is 1. The number of nitrogens with one attached hydrogen (secondary N) is 2. The average molecular weight is 612 g/mol. The Balaban J connectivity index is 1.53. The second-order valence-electron chi connectivity index (χ2n) is 9.46. The Hall–Kier alpha value is -3.98. The van der Waals surface area contributed by atoms with Crippen LogP contribution in [0.4, 0.5) is 32.4 Å². The van der Waals surface area contributed by atoms with E-state index >= 15 is 0 Å². The van der Waals surface area contributed by atoms with Crippen molar-refractivity contribution in [1.29, 1.82) is 0 Å². The Morgan fingerprint density at radius 1 is 1.12 bits per heavy atom. The molecule has 0 unspecified atom stereocenters. The molecule has 224 valence electrons. The highest BCUT2D eigenvalue weighted by Crippen LogP contribution is 2.42. The molecule has 2 N–H and O–H groups in total. The number of amides is 2. The molecule has 0 aliphatic rings. The Bertz CT molecular complexity index is 1510. The van der Waals surface area contributed by atoms with Crippen LogP contribution in [0.2, 0.25) is 0 Å². The van der Waals surface area contributed by atoms with Gasteiger partial charge in [0.1, 0.15) is 23.4 Å². The summed E-state index contributed by atoms with van der Waals surface area (Å²) in [6, 6.07) is 3.52. The maximum Gasteiger partial charge on any atom is 0.418 e. The summed E-state index contributed by atoms with van der Waals surface area (Å²) < 4.78 is 84.1. The van der Waals surface area contributed by atoms with Gasteiger partial charge in [-0.3, -0.25) is 0 Å². The van der Waals surface area contributed by atoms with Gasteiger partial charge in [0.25, 0.3) is 0 Å². The van der Waals surface area contributed by atoms with Crippen LogP contribution in [0.1, 0.15) is 24.5 Å². The molecular formula is C27H28F5N6O3S+. The number of hydrogen-bond donors (Lipinski definition) is 2. The molecule has 1 aromatic carbocycles. The maximum absolute atomic E-state index is 15.0. The monoisotopic (exact) mass is 611 g/mol. The lowest BCUT2D eigenvalue weighted by Crippen LogP contribution is -2.28. The summed E-state index contributed by atoms with van der Waals surface area (Å²) in [7, 11) is 0.169. The van der Waals surface area contributed by atoms with Crippen molar-refractivity contribution >= 4 is 33.6 Å². The summed E-state index contributed by atoms with van der Waals surface area (Å²) in [5, 5.41) is 12.0. The fourth-order valence-electron chi connectivity index (χ4n) is 3.85. The van der Waals surface area contributed by atoms with Crippen molar-refractivity contribution in [3.63, 3.8) is 0 Å². The molecule has 4 aromatic rings. The maximum atomic E-state index is 15.0. The van der Waals surface area contributed by atoms with Crippen LogP contribution < -0.4 is 15.4 Å². The van der Waals surface area contributed by atoms with Gasteiger partial charge in [0.05, 0.1) is 36.3 Å². The van der Waals surface area contributed by atoms with E-state index in [0.29, 0.717) is 17.4 Å². The van der Waals surface area contributed by atoms with E-state index in [0.717, 1.165) is 30.8 Å². The number of rotatable bonds is 11. The predicted molar refractivity (Wildman–Crippen MR) is 148 cm³/mol. The standard InChI is InChI=1S/C27H27F5N6O3S/c1-16(42(2)3)6-9-40-15-38-14-19(27(30,31)32)23-22(5-7-33-25(23)38)41-24-20(28)10-18(11-21(24)29)37-26(39)34-12-17-4-8-35-36-13-17/h4-5,7-8,10-11,13-14,16H,6,9,12,15H2,1-3H3,(H-,34,37,39)/p+1/t16-/m0/s1. The third kappa shape index (κ3) is 7.64. The van der Waals surface area contributed by atoms with E-state index in [1.165, 1.54) is 23.2 Å². The number of alkyl halides is 3. The number of ether oxygens (including phenoxy) is 2. The Kier molecular flexibility index (Phi) is 9.83. The lowest BCUT2D eigenvalue weighted by atomic mass is 10.2. The Labute approximate surface area is 240 Å². The number of hydrogen-bond acceptors (Lipinski definition) is 6. The SMILES string of the molecule is C[C@@H](CCOCn1cc(C(F)(F)F)c2c(Oc3c(F)cc(NC(=O)NCc4ccnnc4)cc3F)ccnc21)[S+](C)C. The fraction of sp³-hybridized carbons (Fsp3) is 0.333. The van der Waals surface area contributed by atoms with Gasteiger partial charge in [0, 0.05) is 49.4 Å². The van der Waals surface area contributed by atoms with Crippen molar-refractivity contribution in [1.82, 2.24) is 25.1 Å². The number of anilines is 1. The van der Waals surface area contributed by atoms with Gasteiger partial charge in [-0.2, -0.15) is 23.4 Å². The van der Waals surface area contributed by atoms with Gasteiger partial charge in [-0.1, -0.05) is 0 Å². The first-order valence-electron chi connectivity index (χ1n) is 12.6. The molecule has 42 heavy (non-hydrogen) atoms. The van der Waals surface area contributed by atoms with Crippen LogP contribution in [0.3, 0.4) is 0 Å². The number of nitrogens with zero attached hydrogens (tertiary/aromatic N) is 4. The zero-order valence-electron chi connectivity index (χ0n) is 22.8. The minimum atomic E-state index is -4.82. The number of aromatic nitrogens is 4. The molecule has 0 saturated heterocycles. The first-order chi connectivity index (χ1) is 19.9. The molecule has 0 fully saturated rings. The number of pyridine rings is 1. The van der Waals surface area contributed by atoms with Gasteiger partial charge in [-0.05, 0) is 35.5 Å². The van der Waals surface area contributed by atoms with Crippen LogP contribution in [-0.2, 0) is 35.1 Å². The molecular weight excluding hydrogens is 583 g/mol. The summed E-state index contributed by atoms with van der Waals surface area (Å²) >= 11 is 0. The van der Waals surface area contributed by atoms with E-state index in [4.69, 9.17) is 9.47 Å². The summed E-state index contributed by atoms with van der Waals surface area (Å²) in [5.74, 6) is -3.89. The van der Waals surface area contributed by atoms with Gasteiger partial charge >= 0.3 is 12.2 Å². The van der Waals surface area contributed by atoms with E-state index in [1.807, 2.05) is 0 Å². The molecule has 3 heterocycles. The highest BCUT2D eigenvalue weighted by atomic mass is 32.2. The Morgan fingerprint density at radius 2 is 1.86 bits per heavy atom. The lowest BCUT2D eigenvalue weighted by Gasteiger charge is -2.13.